The van der Waals surface area contributed by atoms with Gasteiger partial charge < -0.3 is 29.0 Å². The van der Waals surface area contributed by atoms with Crippen molar-refractivity contribution >= 4 is 27.1 Å². The Balaban J connectivity index is 5.28. The van der Waals surface area contributed by atoms with E-state index < -0.39 is 37.8 Å². The highest BCUT2D eigenvalue weighted by molar-refractivity contribution is 7.53. The van der Waals surface area contributed by atoms with Crippen molar-refractivity contribution in [3.8, 4) is 0 Å². The van der Waals surface area contributed by atoms with E-state index >= 15 is 0 Å². The third-order valence-electron chi connectivity index (χ3n) is 4.21. The van der Waals surface area contributed by atoms with Gasteiger partial charge in [0, 0.05) is 12.2 Å². The molecule has 0 saturated carbocycles. The van der Waals surface area contributed by atoms with Gasteiger partial charge >= 0.3 is 27.1 Å². The molecule has 0 atom stereocenters. The maximum absolute atomic E-state index is 11.8. The van der Waals surface area contributed by atoms with Crippen LogP contribution in [0, 0.1) is 0 Å². The molecule has 10 nitrogen and oxygen atoms in total. The van der Waals surface area contributed by atoms with Crippen molar-refractivity contribution < 1.29 is 47.8 Å². The lowest BCUT2D eigenvalue weighted by Crippen LogP contribution is -2.34. The maximum atomic E-state index is 11.8. The first-order valence-corrected chi connectivity index (χ1v) is 11.2. The Morgan fingerprint density at radius 3 is 1.12 bits per heavy atom. The number of esters is 2. The van der Waals surface area contributed by atoms with E-state index in [1.807, 2.05) is 0 Å². The van der Waals surface area contributed by atoms with Gasteiger partial charge in [-0.2, -0.15) is 0 Å². The summed E-state index contributed by atoms with van der Waals surface area (Å²) in [6.45, 7) is 5.74. The van der Waals surface area contributed by atoms with Crippen molar-refractivity contribution in [1.82, 2.24) is 0 Å². The first kappa shape index (κ1) is 25.0. The fraction of sp³-hybridized carbons (Fsp3) is 0.714. The normalized spacial score (nSPS) is 13.7. The van der Waals surface area contributed by atoms with Gasteiger partial charge in [-0.15, -0.1) is 0 Å². The van der Waals surface area contributed by atoms with E-state index in [0.717, 1.165) is 0 Å². The van der Waals surface area contributed by atoms with Crippen LogP contribution in [0.15, 0.2) is 12.2 Å². The fourth-order valence-electron chi connectivity index (χ4n) is 2.31. The minimum Gasteiger partial charge on any atom is -0.443 e. The highest BCUT2D eigenvalue weighted by atomic mass is 31.2. The van der Waals surface area contributed by atoms with Gasteiger partial charge in [0.25, 0.3) is 0 Å². The summed E-state index contributed by atoms with van der Waals surface area (Å²) in [5, 5.41) is -4.03. The average molecular weight is 416 g/mol. The van der Waals surface area contributed by atoms with Crippen LogP contribution in [0.25, 0.3) is 0 Å². The minimum absolute atomic E-state index is 0.148. The van der Waals surface area contributed by atoms with Crippen molar-refractivity contribution in [1.29, 1.82) is 0 Å². The Labute approximate surface area is 151 Å². The number of ether oxygens (including phenoxy) is 2. The molecular weight excluding hydrogens is 390 g/mol. The summed E-state index contributed by atoms with van der Waals surface area (Å²) < 4.78 is 32.9. The zero-order chi connectivity index (χ0) is 20.8. The smallest absolute Gasteiger partial charge is 0.368 e. The molecule has 0 aliphatic heterocycles. The van der Waals surface area contributed by atoms with E-state index in [1.54, 1.807) is 0 Å². The second-order valence-corrected chi connectivity index (χ2v) is 9.38. The molecule has 0 radical (unpaired) electrons. The van der Waals surface area contributed by atoms with Gasteiger partial charge in [0.05, 0.1) is 0 Å². The van der Waals surface area contributed by atoms with Crippen LogP contribution >= 0.6 is 15.2 Å². The van der Waals surface area contributed by atoms with Crippen molar-refractivity contribution in [2.24, 2.45) is 0 Å². The molecule has 4 N–H and O–H groups in total. The van der Waals surface area contributed by atoms with E-state index in [4.69, 9.17) is 9.47 Å². The van der Waals surface area contributed by atoms with E-state index in [9.17, 15) is 38.3 Å². The fourth-order valence-corrected chi connectivity index (χ4v) is 4.38. The lowest BCUT2D eigenvalue weighted by atomic mass is 10.2. The zero-order valence-electron chi connectivity index (χ0n) is 15.1. The monoisotopic (exact) mass is 416 g/mol. The Bertz CT molecular complexity index is 568. The SMILES string of the molecule is CCC(CC)(OC(=O)/C=C/C(=O)OC(CC)(CC)P(=O)(O)O)P(=O)(O)O. The predicted molar refractivity (Wildman–Crippen MR) is 92.0 cm³/mol. The van der Waals surface area contributed by atoms with Crippen LogP contribution in [0.1, 0.15) is 53.4 Å². The highest BCUT2D eigenvalue weighted by Gasteiger charge is 2.48. The second-order valence-electron chi connectivity index (χ2n) is 5.57. The summed E-state index contributed by atoms with van der Waals surface area (Å²) in [5.74, 6) is -2.38. The molecular formula is C14H26O10P2. The molecule has 152 valence electrons. The minimum atomic E-state index is -4.77. The first-order valence-electron chi connectivity index (χ1n) is 7.99. The summed E-state index contributed by atoms with van der Waals surface area (Å²) >= 11 is 0. The Morgan fingerprint density at radius 1 is 0.731 bits per heavy atom. The van der Waals surface area contributed by atoms with Crippen LogP contribution < -0.4 is 0 Å². The van der Waals surface area contributed by atoms with Crippen LogP contribution in [-0.2, 0) is 28.2 Å². The van der Waals surface area contributed by atoms with Crippen LogP contribution in [-0.4, -0.2) is 42.2 Å². The number of carbonyl (C=O) groups excluding carboxylic acids is 2. The quantitative estimate of drug-likeness (QED) is 0.235. The summed E-state index contributed by atoms with van der Waals surface area (Å²) in [4.78, 5) is 61.2. The molecule has 26 heavy (non-hydrogen) atoms. The number of hydrogen-bond acceptors (Lipinski definition) is 6. The van der Waals surface area contributed by atoms with Crippen molar-refractivity contribution in [2.45, 2.75) is 64.1 Å². The number of hydrogen-bond donors (Lipinski definition) is 4. The molecule has 0 aromatic carbocycles. The molecule has 0 amide bonds. The molecule has 0 bridgehead atoms. The third-order valence-corrected chi connectivity index (χ3v) is 7.78. The molecule has 0 rings (SSSR count). The van der Waals surface area contributed by atoms with Crippen LogP contribution in [0.4, 0.5) is 0 Å². The Kier molecular flexibility index (Phi) is 8.90. The number of carbonyl (C=O) groups is 2. The lowest BCUT2D eigenvalue weighted by Gasteiger charge is -2.31. The zero-order valence-corrected chi connectivity index (χ0v) is 16.9. The molecule has 0 aromatic rings. The average Bonchev–Trinajstić information content (AvgIpc) is 2.53. The van der Waals surface area contributed by atoms with Gasteiger partial charge in [0.1, 0.15) is 0 Å². The maximum Gasteiger partial charge on any atom is 0.368 e. The molecule has 0 aliphatic rings. The van der Waals surface area contributed by atoms with E-state index in [1.165, 1.54) is 27.7 Å². The predicted octanol–water partition coefficient (Wildman–Crippen LogP) is 2.02. The Morgan fingerprint density at radius 2 is 0.962 bits per heavy atom. The molecule has 0 spiro atoms. The third kappa shape index (κ3) is 5.74. The van der Waals surface area contributed by atoms with Crippen LogP contribution in [0.5, 0.6) is 0 Å². The molecule has 0 aromatic heterocycles. The molecule has 0 aliphatic carbocycles. The lowest BCUT2D eigenvalue weighted by molar-refractivity contribution is -0.150. The number of rotatable bonds is 10. The van der Waals surface area contributed by atoms with Gasteiger partial charge in [0.2, 0.25) is 10.7 Å². The van der Waals surface area contributed by atoms with Gasteiger partial charge in [-0.3, -0.25) is 9.13 Å². The first-order chi connectivity index (χ1) is 11.7. The van der Waals surface area contributed by atoms with E-state index in [2.05, 4.69) is 0 Å². The molecule has 0 heterocycles. The van der Waals surface area contributed by atoms with Crippen molar-refractivity contribution in [3.63, 3.8) is 0 Å². The van der Waals surface area contributed by atoms with Crippen molar-refractivity contribution in [3.05, 3.63) is 12.2 Å². The Hall–Kier alpha value is -1.02. The largest absolute Gasteiger partial charge is 0.443 e. The van der Waals surface area contributed by atoms with Gasteiger partial charge in [-0.1, -0.05) is 27.7 Å². The summed E-state index contributed by atoms with van der Waals surface area (Å²) in [7, 11) is -9.54. The second kappa shape index (κ2) is 9.26. The van der Waals surface area contributed by atoms with Gasteiger partial charge in [-0.25, -0.2) is 9.59 Å². The van der Waals surface area contributed by atoms with E-state index in [0.29, 0.717) is 12.2 Å². The van der Waals surface area contributed by atoms with Crippen molar-refractivity contribution in [2.75, 3.05) is 0 Å². The van der Waals surface area contributed by atoms with Gasteiger partial charge in [0.15, 0.2) is 0 Å². The summed E-state index contributed by atoms with van der Waals surface area (Å²) in [6, 6.07) is 0. The highest BCUT2D eigenvalue weighted by Crippen LogP contribution is 2.56. The summed E-state index contributed by atoms with van der Waals surface area (Å²) in [6.07, 6.45) is 0.590. The molecule has 0 fully saturated rings. The topological polar surface area (TPSA) is 168 Å². The molecule has 0 saturated heterocycles. The molecule has 0 unspecified atom stereocenters. The van der Waals surface area contributed by atoms with E-state index in [-0.39, 0.29) is 25.7 Å². The van der Waals surface area contributed by atoms with Gasteiger partial charge in [-0.05, 0) is 25.7 Å². The van der Waals surface area contributed by atoms with Crippen LogP contribution in [0.2, 0.25) is 0 Å². The standard InChI is InChI=1S/C14H26O10P2/c1-5-13(6-2,25(17,18)19)23-11(15)9-10-12(16)24-14(7-3,8-4)26(20,21)22/h9-10H,5-8H2,1-4H3,(H2,17,18,19)(H2,20,21,22)/b10-9+. The molecule has 12 heteroatoms. The summed E-state index contributed by atoms with van der Waals surface area (Å²) in [5.41, 5.74) is 0. The van der Waals surface area contributed by atoms with Crippen LogP contribution in [0.3, 0.4) is 0 Å².